The molecule has 0 spiro atoms. The first-order chi connectivity index (χ1) is 9.21. The first-order valence-corrected chi connectivity index (χ1v) is 6.54. The minimum atomic E-state index is -0.464. The summed E-state index contributed by atoms with van der Waals surface area (Å²) in [5, 5.41) is 2.65. The topological polar surface area (TPSA) is 56.8 Å². The average molecular weight is 267 g/mol. The Morgan fingerprint density at radius 1 is 1.11 bits per heavy atom. The molecule has 1 aromatic rings. The van der Waals surface area contributed by atoms with E-state index in [0.717, 1.165) is 6.42 Å². The zero-order valence-electron chi connectivity index (χ0n) is 11.7. The summed E-state index contributed by atoms with van der Waals surface area (Å²) in [6.07, 6.45) is 0.328. The van der Waals surface area contributed by atoms with E-state index in [9.17, 15) is 4.79 Å². The molecule has 5 heteroatoms. The van der Waals surface area contributed by atoms with E-state index < -0.39 is 6.09 Å². The number of nitrogens with one attached hydrogen (secondary N) is 1. The minimum absolute atomic E-state index is 0.404. The van der Waals surface area contributed by atoms with Crippen molar-refractivity contribution in [2.45, 2.75) is 27.2 Å². The second-order valence-corrected chi connectivity index (χ2v) is 3.79. The van der Waals surface area contributed by atoms with Crippen LogP contribution >= 0.6 is 0 Å². The van der Waals surface area contributed by atoms with E-state index >= 15 is 0 Å². The van der Waals surface area contributed by atoms with Gasteiger partial charge in [0.25, 0.3) is 0 Å². The van der Waals surface area contributed by atoms with Crippen LogP contribution in [-0.4, -0.2) is 25.9 Å². The van der Waals surface area contributed by atoms with Crippen molar-refractivity contribution in [1.82, 2.24) is 0 Å². The standard InChI is InChI=1S/C14H21NO4/c1-4-9-19-14(16)15-11-7-8-12(17-5-2)13(10-11)18-6-3/h7-8,10H,4-6,9H2,1-3H3,(H,15,16). The van der Waals surface area contributed by atoms with Crippen LogP contribution in [0.5, 0.6) is 11.5 Å². The number of carbonyl (C=O) groups is 1. The SMILES string of the molecule is CCCOC(=O)Nc1ccc(OCC)c(OCC)c1. The maximum Gasteiger partial charge on any atom is 0.411 e. The van der Waals surface area contributed by atoms with Crippen LogP contribution < -0.4 is 14.8 Å². The van der Waals surface area contributed by atoms with Gasteiger partial charge in [0.05, 0.1) is 19.8 Å². The van der Waals surface area contributed by atoms with Crippen LogP contribution in [0.15, 0.2) is 18.2 Å². The molecule has 5 nitrogen and oxygen atoms in total. The molecule has 106 valence electrons. The van der Waals surface area contributed by atoms with E-state index in [1.807, 2.05) is 20.8 Å². The molecule has 0 aliphatic rings. The second-order valence-electron chi connectivity index (χ2n) is 3.79. The highest BCUT2D eigenvalue weighted by Gasteiger charge is 2.08. The highest BCUT2D eigenvalue weighted by Crippen LogP contribution is 2.30. The Morgan fingerprint density at radius 3 is 2.42 bits per heavy atom. The number of anilines is 1. The van der Waals surface area contributed by atoms with Gasteiger partial charge >= 0.3 is 6.09 Å². The molecule has 1 N–H and O–H groups in total. The summed E-state index contributed by atoms with van der Waals surface area (Å²) >= 11 is 0. The fraction of sp³-hybridized carbons (Fsp3) is 0.500. The Hall–Kier alpha value is -1.91. The van der Waals surface area contributed by atoms with Crippen molar-refractivity contribution in [3.63, 3.8) is 0 Å². The third-order valence-corrected chi connectivity index (χ3v) is 2.23. The van der Waals surface area contributed by atoms with Crippen molar-refractivity contribution in [2.24, 2.45) is 0 Å². The third-order valence-electron chi connectivity index (χ3n) is 2.23. The van der Waals surface area contributed by atoms with Crippen molar-refractivity contribution in [2.75, 3.05) is 25.1 Å². The lowest BCUT2D eigenvalue weighted by atomic mass is 10.2. The molecular weight excluding hydrogens is 246 g/mol. The molecule has 0 heterocycles. The number of benzene rings is 1. The van der Waals surface area contributed by atoms with E-state index in [0.29, 0.717) is 37.0 Å². The molecule has 19 heavy (non-hydrogen) atoms. The normalized spacial score (nSPS) is 9.84. The number of carbonyl (C=O) groups excluding carboxylic acids is 1. The number of amides is 1. The Balaban J connectivity index is 2.74. The number of hydrogen-bond acceptors (Lipinski definition) is 4. The lowest BCUT2D eigenvalue weighted by Crippen LogP contribution is -2.14. The fourth-order valence-electron chi connectivity index (χ4n) is 1.48. The molecule has 0 fully saturated rings. The molecular formula is C14H21NO4. The largest absolute Gasteiger partial charge is 0.490 e. The van der Waals surface area contributed by atoms with Crippen LogP contribution in [0.25, 0.3) is 0 Å². The summed E-state index contributed by atoms with van der Waals surface area (Å²) in [4.78, 5) is 11.4. The lowest BCUT2D eigenvalue weighted by molar-refractivity contribution is 0.161. The number of hydrogen-bond donors (Lipinski definition) is 1. The summed E-state index contributed by atoms with van der Waals surface area (Å²) in [5.41, 5.74) is 0.619. The number of ether oxygens (including phenoxy) is 3. The van der Waals surface area contributed by atoms with Crippen LogP contribution in [0.1, 0.15) is 27.2 Å². The quantitative estimate of drug-likeness (QED) is 0.822. The summed E-state index contributed by atoms with van der Waals surface area (Å²) in [6, 6.07) is 5.24. The van der Waals surface area contributed by atoms with Gasteiger partial charge in [0.15, 0.2) is 11.5 Å². The zero-order chi connectivity index (χ0) is 14.1. The predicted molar refractivity (Wildman–Crippen MR) is 74.0 cm³/mol. The van der Waals surface area contributed by atoms with Crippen LogP contribution in [0.2, 0.25) is 0 Å². The van der Waals surface area contributed by atoms with Gasteiger partial charge < -0.3 is 14.2 Å². The number of rotatable bonds is 7. The Morgan fingerprint density at radius 2 is 1.79 bits per heavy atom. The van der Waals surface area contributed by atoms with Crippen molar-refractivity contribution in [3.05, 3.63) is 18.2 Å². The van der Waals surface area contributed by atoms with Crippen LogP contribution in [0.4, 0.5) is 10.5 Å². The summed E-state index contributed by atoms with van der Waals surface area (Å²) in [7, 11) is 0. The molecule has 0 radical (unpaired) electrons. The van der Waals surface area contributed by atoms with Crippen molar-refractivity contribution >= 4 is 11.8 Å². The Labute approximate surface area is 113 Å². The van der Waals surface area contributed by atoms with Gasteiger partial charge in [-0.2, -0.15) is 0 Å². The van der Waals surface area contributed by atoms with Gasteiger partial charge in [-0.25, -0.2) is 4.79 Å². The third kappa shape index (κ3) is 5.07. The first kappa shape index (κ1) is 15.1. The highest BCUT2D eigenvalue weighted by molar-refractivity contribution is 5.85. The molecule has 0 atom stereocenters. The lowest BCUT2D eigenvalue weighted by Gasteiger charge is -2.13. The first-order valence-electron chi connectivity index (χ1n) is 6.54. The van der Waals surface area contributed by atoms with Gasteiger partial charge in [-0.05, 0) is 32.4 Å². The van der Waals surface area contributed by atoms with E-state index in [4.69, 9.17) is 14.2 Å². The van der Waals surface area contributed by atoms with Crippen LogP contribution in [0, 0.1) is 0 Å². The molecule has 0 aliphatic heterocycles. The van der Waals surface area contributed by atoms with E-state index in [1.165, 1.54) is 0 Å². The molecule has 0 saturated carbocycles. The van der Waals surface area contributed by atoms with Crippen LogP contribution in [-0.2, 0) is 4.74 Å². The van der Waals surface area contributed by atoms with E-state index in [1.54, 1.807) is 18.2 Å². The average Bonchev–Trinajstić information content (AvgIpc) is 2.40. The maximum absolute atomic E-state index is 11.4. The Bertz CT molecular complexity index is 406. The van der Waals surface area contributed by atoms with Crippen molar-refractivity contribution < 1.29 is 19.0 Å². The molecule has 1 amide bonds. The molecule has 0 unspecified atom stereocenters. The zero-order valence-corrected chi connectivity index (χ0v) is 11.7. The smallest absolute Gasteiger partial charge is 0.411 e. The van der Waals surface area contributed by atoms with Crippen molar-refractivity contribution in [1.29, 1.82) is 0 Å². The van der Waals surface area contributed by atoms with E-state index in [2.05, 4.69) is 5.32 Å². The maximum atomic E-state index is 11.4. The van der Waals surface area contributed by atoms with Gasteiger partial charge in [-0.1, -0.05) is 6.92 Å². The van der Waals surface area contributed by atoms with Gasteiger partial charge in [-0.3, -0.25) is 5.32 Å². The van der Waals surface area contributed by atoms with Gasteiger partial charge in [0, 0.05) is 11.8 Å². The monoisotopic (exact) mass is 267 g/mol. The molecule has 0 aromatic heterocycles. The molecule has 0 aliphatic carbocycles. The summed E-state index contributed by atoms with van der Waals surface area (Å²) in [5.74, 6) is 1.27. The van der Waals surface area contributed by atoms with Gasteiger partial charge in [0.2, 0.25) is 0 Å². The van der Waals surface area contributed by atoms with Gasteiger partial charge in [-0.15, -0.1) is 0 Å². The summed E-state index contributed by atoms with van der Waals surface area (Å²) in [6.45, 7) is 7.24. The minimum Gasteiger partial charge on any atom is -0.490 e. The summed E-state index contributed by atoms with van der Waals surface area (Å²) < 4.78 is 15.9. The van der Waals surface area contributed by atoms with Gasteiger partial charge in [0.1, 0.15) is 0 Å². The van der Waals surface area contributed by atoms with E-state index in [-0.39, 0.29) is 0 Å². The molecule has 0 saturated heterocycles. The highest BCUT2D eigenvalue weighted by atomic mass is 16.5. The van der Waals surface area contributed by atoms with Crippen molar-refractivity contribution in [3.8, 4) is 11.5 Å². The fourth-order valence-corrected chi connectivity index (χ4v) is 1.48. The van der Waals surface area contributed by atoms with Crippen LogP contribution in [0.3, 0.4) is 0 Å². The Kier molecular flexibility index (Phi) is 6.57. The predicted octanol–water partition coefficient (Wildman–Crippen LogP) is 3.44. The molecule has 0 bridgehead atoms. The second kappa shape index (κ2) is 8.24. The molecule has 1 rings (SSSR count). The molecule has 1 aromatic carbocycles.